The highest BCUT2D eigenvalue weighted by molar-refractivity contribution is 6.32. The van der Waals surface area contributed by atoms with Crippen molar-refractivity contribution in [1.82, 2.24) is 9.97 Å². The molecule has 7 heteroatoms. The van der Waals surface area contributed by atoms with Crippen molar-refractivity contribution < 1.29 is 4.79 Å². The SMILES string of the molecule is O=C1Cc2cccc(c2)Nc2nc(ncc2Cl)Nc2cccc(c2)N1. The molecule has 1 aliphatic heterocycles. The van der Waals surface area contributed by atoms with Crippen molar-refractivity contribution in [3.8, 4) is 0 Å². The predicted octanol–water partition coefficient (Wildman–Crippen LogP) is 4.11. The zero-order valence-corrected chi connectivity index (χ0v) is 13.8. The number of carbonyl (C=O) groups is 1. The van der Waals surface area contributed by atoms with Gasteiger partial charge in [-0.25, -0.2) is 4.98 Å². The number of hydrogen-bond acceptors (Lipinski definition) is 5. The van der Waals surface area contributed by atoms with Crippen LogP contribution in [0.25, 0.3) is 0 Å². The van der Waals surface area contributed by atoms with Crippen molar-refractivity contribution in [1.29, 1.82) is 0 Å². The maximum atomic E-state index is 12.3. The third-order valence-corrected chi connectivity index (χ3v) is 3.98. The van der Waals surface area contributed by atoms with E-state index in [0.29, 0.717) is 22.5 Å². The van der Waals surface area contributed by atoms with Gasteiger partial charge in [0.25, 0.3) is 0 Å². The van der Waals surface area contributed by atoms with Crippen LogP contribution in [0, 0.1) is 0 Å². The number of nitrogens with zero attached hydrogens (tertiary/aromatic N) is 2. The van der Waals surface area contributed by atoms with E-state index in [0.717, 1.165) is 16.9 Å². The van der Waals surface area contributed by atoms with E-state index in [9.17, 15) is 4.79 Å². The van der Waals surface area contributed by atoms with Gasteiger partial charge in [-0.15, -0.1) is 0 Å². The molecule has 124 valence electrons. The Labute approximate surface area is 149 Å². The smallest absolute Gasteiger partial charge is 0.229 e. The third kappa shape index (κ3) is 3.54. The molecular weight excluding hydrogens is 338 g/mol. The van der Waals surface area contributed by atoms with E-state index in [-0.39, 0.29) is 12.3 Å². The number of carbonyl (C=O) groups excluding carboxylic acids is 1. The molecule has 0 atom stereocenters. The summed E-state index contributed by atoms with van der Waals surface area (Å²) in [6.45, 7) is 0. The van der Waals surface area contributed by atoms with Crippen LogP contribution in [0.5, 0.6) is 0 Å². The molecule has 6 nitrogen and oxygen atoms in total. The van der Waals surface area contributed by atoms with Crippen LogP contribution in [0.15, 0.2) is 54.7 Å². The average Bonchev–Trinajstić information content (AvgIpc) is 2.58. The van der Waals surface area contributed by atoms with E-state index in [1.54, 1.807) is 6.20 Å². The van der Waals surface area contributed by atoms with Gasteiger partial charge in [0.1, 0.15) is 5.02 Å². The Kier molecular flexibility index (Phi) is 3.95. The molecule has 3 aromatic rings. The number of benzene rings is 2. The topological polar surface area (TPSA) is 78.9 Å². The average molecular weight is 352 g/mol. The summed E-state index contributed by atoms with van der Waals surface area (Å²) < 4.78 is 0. The molecule has 1 aliphatic rings. The van der Waals surface area contributed by atoms with Gasteiger partial charge in [-0.3, -0.25) is 4.79 Å². The van der Waals surface area contributed by atoms with E-state index in [4.69, 9.17) is 11.6 Å². The molecule has 3 N–H and O–H groups in total. The van der Waals surface area contributed by atoms with Crippen molar-refractivity contribution in [2.45, 2.75) is 6.42 Å². The van der Waals surface area contributed by atoms with Crippen LogP contribution in [0.3, 0.4) is 0 Å². The van der Waals surface area contributed by atoms with Gasteiger partial charge in [-0.2, -0.15) is 4.98 Å². The highest BCUT2D eigenvalue weighted by Gasteiger charge is 2.10. The standard InChI is InChI=1S/C18H14ClN5O/c19-15-10-20-18-23-14-6-2-5-13(9-14)21-16(25)8-11-3-1-4-12(7-11)22-17(15)24-18/h1-7,9-10H,8H2,(H,21,25)(H2,20,22,23,24). The van der Waals surface area contributed by atoms with Gasteiger partial charge >= 0.3 is 0 Å². The number of anilines is 5. The second-order valence-electron chi connectivity index (χ2n) is 5.65. The third-order valence-electron chi connectivity index (χ3n) is 3.70. The molecular formula is C18H14ClN5O. The summed E-state index contributed by atoms with van der Waals surface area (Å²) in [4.78, 5) is 20.9. The first kappa shape index (κ1) is 15.4. The van der Waals surface area contributed by atoms with Crippen molar-refractivity contribution in [3.63, 3.8) is 0 Å². The number of fused-ring (bicyclic) bond motifs is 6. The number of halogens is 1. The second-order valence-corrected chi connectivity index (χ2v) is 6.05. The Balaban J connectivity index is 1.81. The van der Waals surface area contributed by atoms with Crippen LogP contribution in [-0.2, 0) is 11.2 Å². The van der Waals surface area contributed by atoms with Crippen LogP contribution >= 0.6 is 11.6 Å². The maximum absolute atomic E-state index is 12.3. The van der Waals surface area contributed by atoms with Crippen molar-refractivity contribution in [3.05, 3.63) is 65.3 Å². The fourth-order valence-corrected chi connectivity index (χ4v) is 2.74. The van der Waals surface area contributed by atoms with Gasteiger partial charge in [0.2, 0.25) is 11.9 Å². The molecule has 6 bridgehead atoms. The zero-order valence-electron chi connectivity index (χ0n) is 13.1. The highest BCUT2D eigenvalue weighted by Crippen LogP contribution is 2.26. The number of rotatable bonds is 0. The predicted molar refractivity (Wildman–Crippen MR) is 98.8 cm³/mol. The molecule has 0 unspecified atom stereocenters. The maximum Gasteiger partial charge on any atom is 0.229 e. The molecule has 4 rings (SSSR count). The normalized spacial score (nSPS) is 13.1. The molecule has 0 spiro atoms. The quantitative estimate of drug-likeness (QED) is 0.568. The van der Waals surface area contributed by atoms with Crippen LogP contribution in [-0.4, -0.2) is 15.9 Å². The van der Waals surface area contributed by atoms with Crippen molar-refractivity contribution in [2.24, 2.45) is 0 Å². The van der Waals surface area contributed by atoms with E-state index in [1.807, 2.05) is 48.5 Å². The number of nitrogens with one attached hydrogen (secondary N) is 3. The first-order valence-electron chi connectivity index (χ1n) is 7.71. The largest absolute Gasteiger partial charge is 0.339 e. The summed E-state index contributed by atoms with van der Waals surface area (Å²) in [5.74, 6) is 0.816. The molecule has 0 fully saturated rings. The molecule has 0 radical (unpaired) electrons. The Morgan fingerprint density at radius 2 is 1.64 bits per heavy atom. The van der Waals surface area contributed by atoms with Gasteiger partial charge in [0.15, 0.2) is 5.82 Å². The Bertz CT molecular complexity index is 960. The van der Waals surface area contributed by atoms with Gasteiger partial charge in [-0.1, -0.05) is 29.8 Å². The number of hydrogen-bond donors (Lipinski definition) is 3. The molecule has 0 saturated heterocycles. The second kappa shape index (κ2) is 6.41. The van der Waals surface area contributed by atoms with Crippen molar-refractivity contribution in [2.75, 3.05) is 16.0 Å². The van der Waals surface area contributed by atoms with Gasteiger partial charge in [0.05, 0.1) is 12.6 Å². The lowest BCUT2D eigenvalue weighted by Gasteiger charge is -2.13. The molecule has 1 amide bonds. The Morgan fingerprint density at radius 1 is 0.920 bits per heavy atom. The van der Waals surface area contributed by atoms with E-state index in [1.165, 1.54) is 0 Å². The molecule has 0 aliphatic carbocycles. The summed E-state index contributed by atoms with van der Waals surface area (Å²) in [5.41, 5.74) is 3.16. The molecule has 2 aromatic carbocycles. The van der Waals surface area contributed by atoms with Crippen LogP contribution < -0.4 is 16.0 Å². The monoisotopic (exact) mass is 351 g/mol. The van der Waals surface area contributed by atoms with Crippen LogP contribution in [0.1, 0.15) is 5.56 Å². The lowest BCUT2D eigenvalue weighted by atomic mass is 10.1. The van der Waals surface area contributed by atoms with E-state index in [2.05, 4.69) is 25.9 Å². The summed E-state index contributed by atoms with van der Waals surface area (Å²) in [5, 5.41) is 9.60. The summed E-state index contributed by atoms with van der Waals surface area (Å²) >= 11 is 6.20. The fraction of sp³-hybridized carbons (Fsp3) is 0.0556. The van der Waals surface area contributed by atoms with E-state index < -0.39 is 0 Å². The fourth-order valence-electron chi connectivity index (χ4n) is 2.61. The number of aromatic nitrogens is 2. The lowest BCUT2D eigenvalue weighted by Crippen LogP contribution is -2.14. The Hall–Kier alpha value is -3.12. The Morgan fingerprint density at radius 3 is 2.48 bits per heavy atom. The first-order valence-corrected chi connectivity index (χ1v) is 8.09. The summed E-state index contributed by atoms with van der Waals surface area (Å²) in [7, 11) is 0. The molecule has 25 heavy (non-hydrogen) atoms. The van der Waals surface area contributed by atoms with E-state index >= 15 is 0 Å². The molecule has 0 saturated carbocycles. The first-order chi connectivity index (χ1) is 12.2. The van der Waals surface area contributed by atoms with Gasteiger partial charge in [-0.05, 0) is 35.9 Å². The number of amides is 1. The molecule has 2 heterocycles. The van der Waals surface area contributed by atoms with Gasteiger partial charge in [0, 0.05) is 17.1 Å². The molecule has 1 aromatic heterocycles. The summed E-state index contributed by atoms with van der Waals surface area (Å²) in [6, 6.07) is 14.9. The minimum Gasteiger partial charge on any atom is -0.339 e. The lowest BCUT2D eigenvalue weighted by molar-refractivity contribution is -0.115. The van der Waals surface area contributed by atoms with Crippen molar-refractivity contribution >= 4 is 46.3 Å². The van der Waals surface area contributed by atoms with Crippen LogP contribution in [0.2, 0.25) is 5.02 Å². The zero-order chi connectivity index (χ0) is 17.2. The highest BCUT2D eigenvalue weighted by atomic mass is 35.5. The summed E-state index contributed by atoms with van der Waals surface area (Å²) in [6.07, 6.45) is 1.82. The van der Waals surface area contributed by atoms with Gasteiger partial charge < -0.3 is 16.0 Å². The van der Waals surface area contributed by atoms with Crippen LogP contribution in [0.4, 0.5) is 28.8 Å². The minimum atomic E-state index is -0.0841. The minimum absolute atomic E-state index is 0.0841.